The molecule has 0 fully saturated rings. The largest absolute Gasteiger partial charge is 0.265 e. The Hall–Kier alpha value is -0.500. The zero-order valence-corrected chi connectivity index (χ0v) is 7.89. The van der Waals surface area contributed by atoms with Crippen LogP contribution in [-0.2, 0) is 6.42 Å². The number of rotatable bonds is 5. The van der Waals surface area contributed by atoms with Crippen LogP contribution in [0.3, 0.4) is 0 Å². The highest BCUT2D eigenvalue weighted by atomic mass is 32.1. The molecule has 0 amide bonds. The van der Waals surface area contributed by atoms with Gasteiger partial charge in [0.1, 0.15) is 0 Å². The molecule has 12 heavy (non-hydrogen) atoms. The monoisotopic (exact) mass is 179 g/mol. The second-order valence-corrected chi connectivity index (χ2v) is 3.10. The Morgan fingerprint density at radius 2 is 2.00 bits per heavy atom. The first-order valence-electron chi connectivity index (χ1n) is 4.26. The van der Waals surface area contributed by atoms with Crippen LogP contribution in [0.15, 0.2) is 24.5 Å². The minimum absolute atomic E-state index is 1.06. The summed E-state index contributed by atoms with van der Waals surface area (Å²) >= 11 is 4.75. The maximum absolute atomic E-state index is 4.75. The lowest BCUT2D eigenvalue weighted by atomic mass is 10.1. The van der Waals surface area contributed by atoms with Gasteiger partial charge >= 0.3 is 0 Å². The van der Waals surface area contributed by atoms with Gasteiger partial charge in [0.25, 0.3) is 0 Å². The summed E-state index contributed by atoms with van der Waals surface area (Å²) in [6.45, 7) is 0. The van der Waals surface area contributed by atoms with Crippen molar-refractivity contribution in [2.45, 2.75) is 25.7 Å². The Bertz CT molecular complexity index is 198. The molecule has 0 unspecified atom stereocenters. The first-order valence-corrected chi connectivity index (χ1v) is 4.73. The molecule has 0 aliphatic heterocycles. The summed E-state index contributed by atoms with van der Waals surface area (Å²) in [6, 6.07) is 4.13. The van der Waals surface area contributed by atoms with Gasteiger partial charge in [-0.05, 0) is 37.0 Å². The summed E-state index contributed by atoms with van der Waals surface area (Å²) in [5.41, 5.74) is 1.37. The molecule has 2 heteroatoms. The van der Waals surface area contributed by atoms with Crippen LogP contribution in [-0.4, -0.2) is 4.98 Å². The van der Waals surface area contributed by atoms with Crippen molar-refractivity contribution in [3.63, 3.8) is 0 Å². The molecule has 0 saturated heterocycles. The molecule has 0 saturated carbocycles. The maximum Gasteiger partial charge on any atom is 0.0278 e. The molecule has 2 radical (unpaired) electrons. The van der Waals surface area contributed by atoms with Crippen molar-refractivity contribution >= 4 is 12.6 Å². The third kappa shape index (κ3) is 3.77. The maximum atomic E-state index is 4.75. The summed E-state index contributed by atoms with van der Waals surface area (Å²) in [7, 11) is 0. The van der Waals surface area contributed by atoms with E-state index >= 15 is 0 Å². The standard InChI is InChI=1S/C10H13NS/c12-9-3-1-2-4-10-5-7-11-8-6-10/h5-9H,1-4H2. The molecule has 1 aromatic rings. The van der Waals surface area contributed by atoms with E-state index in [2.05, 4.69) is 17.1 Å². The molecule has 0 aromatic carbocycles. The molecule has 0 aliphatic carbocycles. The fraction of sp³-hybridized carbons (Fsp3) is 0.400. The van der Waals surface area contributed by atoms with E-state index < -0.39 is 0 Å². The highest BCUT2D eigenvalue weighted by molar-refractivity contribution is 7.82. The van der Waals surface area contributed by atoms with E-state index in [4.69, 9.17) is 12.6 Å². The van der Waals surface area contributed by atoms with Crippen molar-refractivity contribution in [3.8, 4) is 0 Å². The zero-order valence-electron chi connectivity index (χ0n) is 7.07. The smallest absolute Gasteiger partial charge is 0.0278 e. The molecule has 0 spiro atoms. The fourth-order valence-corrected chi connectivity index (χ4v) is 1.27. The van der Waals surface area contributed by atoms with Gasteiger partial charge in [-0.15, -0.1) is 0 Å². The van der Waals surface area contributed by atoms with E-state index in [1.54, 1.807) is 0 Å². The lowest BCUT2D eigenvalue weighted by Crippen LogP contribution is -1.85. The molecule has 0 N–H and O–H groups in total. The predicted octanol–water partition coefficient (Wildman–Crippen LogP) is 3.15. The molecule has 1 nitrogen and oxygen atoms in total. The van der Waals surface area contributed by atoms with Crippen molar-refractivity contribution < 1.29 is 0 Å². The molecule has 0 aliphatic rings. The van der Waals surface area contributed by atoms with Gasteiger partial charge in [-0.2, -0.15) is 0 Å². The van der Waals surface area contributed by atoms with Gasteiger partial charge in [0.2, 0.25) is 0 Å². The van der Waals surface area contributed by atoms with E-state index in [0.29, 0.717) is 0 Å². The van der Waals surface area contributed by atoms with Crippen LogP contribution in [0.4, 0.5) is 0 Å². The SMILES string of the molecule is [S][CH]CCCCc1ccncc1. The molecule has 1 aromatic heterocycles. The van der Waals surface area contributed by atoms with Crippen molar-refractivity contribution in [1.82, 2.24) is 4.98 Å². The lowest BCUT2D eigenvalue weighted by molar-refractivity contribution is 0.741. The predicted molar refractivity (Wildman–Crippen MR) is 53.7 cm³/mol. The molecule has 0 atom stereocenters. The molecule has 64 valence electrons. The Morgan fingerprint density at radius 1 is 1.25 bits per heavy atom. The summed E-state index contributed by atoms with van der Waals surface area (Å²) in [4.78, 5) is 3.97. The van der Waals surface area contributed by atoms with Gasteiger partial charge in [-0.25, -0.2) is 0 Å². The van der Waals surface area contributed by atoms with Gasteiger partial charge in [0, 0.05) is 18.1 Å². The summed E-state index contributed by atoms with van der Waals surface area (Å²) in [5.74, 6) is 1.81. The number of hydrogen-bond donors (Lipinski definition) is 0. The molecule has 1 heterocycles. The first kappa shape index (κ1) is 9.59. The van der Waals surface area contributed by atoms with Gasteiger partial charge in [-0.1, -0.05) is 19.0 Å². The number of pyridine rings is 1. The molecule has 1 rings (SSSR count). The summed E-state index contributed by atoms with van der Waals surface area (Å²) in [6.07, 6.45) is 8.30. The van der Waals surface area contributed by atoms with Crippen molar-refractivity contribution in [2.24, 2.45) is 0 Å². The average Bonchev–Trinajstić information content (AvgIpc) is 2.14. The fourth-order valence-electron chi connectivity index (χ4n) is 1.11. The summed E-state index contributed by atoms with van der Waals surface area (Å²) in [5, 5.41) is 0. The van der Waals surface area contributed by atoms with Gasteiger partial charge < -0.3 is 0 Å². The van der Waals surface area contributed by atoms with Crippen molar-refractivity contribution in [1.29, 1.82) is 0 Å². The summed E-state index contributed by atoms with van der Waals surface area (Å²) < 4.78 is 0. The zero-order chi connectivity index (χ0) is 8.65. The van der Waals surface area contributed by atoms with E-state index in [0.717, 1.165) is 12.8 Å². The number of nitrogens with zero attached hydrogens (tertiary/aromatic N) is 1. The average molecular weight is 179 g/mol. The van der Waals surface area contributed by atoms with Crippen molar-refractivity contribution in [2.75, 3.05) is 0 Å². The Morgan fingerprint density at radius 3 is 2.67 bits per heavy atom. The van der Waals surface area contributed by atoms with Crippen LogP contribution in [0, 0.1) is 5.75 Å². The second-order valence-electron chi connectivity index (χ2n) is 2.77. The van der Waals surface area contributed by atoms with Gasteiger partial charge in [0.05, 0.1) is 0 Å². The molecular weight excluding hydrogens is 166 g/mol. The van der Waals surface area contributed by atoms with E-state index in [1.165, 1.54) is 18.4 Å². The third-order valence-corrected chi connectivity index (χ3v) is 2.02. The molecule has 0 bridgehead atoms. The van der Waals surface area contributed by atoms with Gasteiger partial charge in [-0.3, -0.25) is 4.98 Å². The number of unbranched alkanes of at least 4 members (excludes halogenated alkanes) is 2. The van der Waals surface area contributed by atoms with Crippen molar-refractivity contribution in [3.05, 3.63) is 35.8 Å². The minimum Gasteiger partial charge on any atom is -0.265 e. The topological polar surface area (TPSA) is 12.9 Å². The highest BCUT2D eigenvalue weighted by Crippen LogP contribution is 2.06. The molecular formula is C10H13NS. The van der Waals surface area contributed by atoms with E-state index in [9.17, 15) is 0 Å². The van der Waals surface area contributed by atoms with Crippen LogP contribution in [0.25, 0.3) is 0 Å². The van der Waals surface area contributed by atoms with Crippen LogP contribution in [0.5, 0.6) is 0 Å². The third-order valence-electron chi connectivity index (χ3n) is 1.79. The Balaban J connectivity index is 2.16. The first-order chi connectivity index (χ1) is 5.93. The highest BCUT2D eigenvalue weighted by Gasteiger charge is 1.91. The minimum atomic E-state index is 1.06. The van der Waals surface area contributed by atoms with Crippen LogP contribution < -0.4 is 0 Å². The Kier molecular flexibility index (Phi) is 4.85. The van der Waals surface area contributed by atoms with Crippen LogP contribution >= 0.6 is 12.6 Å². The van der Waals surface area contributed by atoms with Gasteiger partial charge in [0.15, 0.2) is 0 Å². The van der Waals surface area contributed by atoms with E-state index in [-0.39, 0.29) is 0 Å². The van der Waals surface area contributed by atoms with Crippen LogP contribution in [0.2, 0.25) is 0 Å². The second kappa shape index (κ2) is 6.06. The number of aromatic nitrogens is 1. The quantitative estimate of drug-likeness (QED) is 0.633. The van der Waals surface area contributed by atoms with E-state index in [1.807, 2.05) is 18.1 Å². The normalized spacial score (nSPS) is 10.1. The lowest BCUT2D eigenvalue weighted by Gasteiger charge is -1.98. The van der Waals surface area contributed by atoms with Crippen LogP contribution in [0.1, 0.15) is 24.8 Å². The Labute approximate surface area is 79.6 Å². The number of aryl methyl sites for hydroxylation is 1. The number of hydrogen-bond acceptors (Lipinski definition) is 1.